The van der Waals surface area contributed by atoms with Gasteiger partial charge in [0.2, 0.25) is 0 Å². The lowest BCUT2D eigenvalue weighted by Gasteiger charge is -2.15. The van der Waals surface area contributed by atoms with Crippen LogP contribution >= 0.6 is 0 Å². The number of halogens is 2. The SMILES string of the molecule is Cc1ccc(CC(O)c2c(F)ccc(C)c2F)cc1C. The molecule has 0 saturated carbocycles. The van der Waals surface area contributed by atoms with Gasteiger partial charge in [0, 0.05) is 6.42 Å². The summed E-state index contributed by atoms with van der Waals surface area (Å²) in [4.78, 5) is 0. The van der Waals surface area contributed by atoms with Gasteiger partial charge in [0.1, 0.15) is 11.6 Å². The van der Waals surface area contributed by atoms with E-state index in [0.29, 0.717) is 5.56 Å². The highest BCUT2D eigenvalue weighted by atomic mass is 19.1. The van der Waals surface area contributed by atoms with Crippen molar-refractivity contribution in [2.45, 2.75) is 33.3 Å². The Balaban J connectivity index is 2.30. The maximum absolute atomic E-state index is 14.0. The number of hydrogen-bond acceptors (Lipinski definition) is 1. The highest BCUT2D eigenvalue weighted by Gasteiger charge is 2.20. The van der Waals surface area contributed by atoms with Crippen molar-refractivity contribution in [1.29, 1.82) is 0 Å². The van der Waals surface area contributed by atoms with Crippen molar-refractivity contribution < 1.29 is 13.9 Å². The summed E-state index contributed by atoms with van der Waals surface area (Å²) in [5, 5.41) is 10.1. The third-order valence-electron chi connectivity index (χ3n) is 3.65. The predicted molar refractivity (Wildman–Crippen MR) is 75.7 cm³/mol. The molecule has 1 atom stereocenters. The van der Waals surface area contributed by atoms with Gasteiger partial charge in [0.25, 0.3) is 0 Å². The Morgan fingerprint density at radius 2 is 1.60 bits per heavy atom. The molecule has 2 aromatic carbocycles. The Kier molecular flexibility index (Phi) is 4.19. The van der Waals surface area contributed by atoms with Crippen LogP contribution in [-0.4, -0.2) is 5.11 Å². The third kappa shape index (κ3) is 2.88. The standard InChI is InChI=1S/C17H18F2O/c1-10-4-6-13(8-12(10)3)9-15(20)16-14(18)7-5-11(2)17(16)19/h4-8,15,20H,9H2,1-3H3. The van der Waals surface area contributed by atoms with Crippen LogP contribution < -0.4 is 0 Å². The summed E-state index contributed by atoms with van der Waals surface area (Å²) in [6.45, 7) is 5.52. The molecule has 0 heterocycles. The van der Waals surface area contributed by atoms with E-state index in [1.165, 1.54) is 12.1 Å². The first-order valence-electron chi connectivity index (χ1n) is 6.59. The summed E-state index contributed by atoms with van der Waals surface area (Å²) in [6, 6.07) is 8.32. The minimum absolute atomic E-state index is 0.193. The van der Waals surface area contributed by atoms with Gasteiger partial charge in [-0.3, -0.25) is 0 Å². The molecule has 0 bridgehead atoms. The van der Waals surface area contributed by atoms with E-state index in [9.17, 15) is 13.9 Å². The minimum Gasteiger partial charge on any atom is -0.388 e. The smallest absolute Gasteiger partial charge is 0.134 e. The Morgan fingerprint density at radius 3 is 2.25 bits per heavy atom. The molecular formula is C17H18F2O. The van der Waals surface area contributed by atoms with Gasteiger partial charge in [-0.05, 0) is 49.1 Å². The quantitative estimate of drug-likeness (QED) is 0.892. The topological polar surface area (TPSA) is 20.2 Å². The van der Waals surface area contributed by atoms with E-state index in [2.05, 4.69) is 0 Å². The van der Waals surface area contributed by atoms with E-state index >= 15 is 0 Å². The molecule has 3 heteroatoms. The van der Waals surface area contributed by atoms with Crippen LogP contribution in [0.15, 0.2) is 30.3 Å². The molecule has 1 N–H and O–H groups in total. The summed E-state index contributed by atoms with van der Waals surface area (Å²) in [6.07, 6.45) is -0.990. The number of hydrogen-bond donors (Lipinski definition) is 1. The van der Waals surface area contributed by atoms with Gasteiger partial charge in [-0.1, -0.05) is 24.3 Å². The fraction of sp³-hybridized carbons (Fsp3) is 0.294. The highest BCUT2D eigenvalue weighted by molar-refractivity contribution is 5.33. The Hall–Kier alpha value is -1.74. The van der Waals surface area contributed by atoms with E-state index in [1.807, 2.05) is 32.0 Å². The molecule has 0 radical (unpaired) electrons. The number of aliphatic hydroxyl groups excluding tert-OH is 1. The van der Waals surface area contributed by atoms with Gasteiger partial charge in [-0.2, -0.15) is 0 Å². The van der Waals surface area contributed by atoms with Gasteiger partial charge in [0.05, 0.1) is 11.7 Å². The van der Waals surface area contributed by atoms with Gasteiger partial charge in [0.15, 0.2) is 0 Å². The van der Waals surface area contributed by atoms with Crippen LogP contribution in [0.3, 0.4) is 0 Å². The fourth-order valence-corrected chi connectivity index (χ4v) is 2.24. The van der Waals surface area contributed by atoms with Crippen LogP contribution in [0.5, 0.6) is 0 Å². The highest BCUT2D eigenvalue weighted by Crippen LogP contribution is 2.26. The number of aryl methyl sites for hydroxylation is 3. The lowest BCUT2D eigenvalue weighted by atomic mass is 9.97. The second-order valence-corrected chi connectivity index (χ2v) is 5.23. The van der Waals surface area contributed by atoms with E-state index < -0.39 is 17.7 Å². The van der Waals surface area contributed by atoms with Crippen LogP contribution in [-0.2, 0) is 6.42 Å². The Morgan fingerprint density at radius 1 is 0.950 bits per heavy atom. The molecule has 0 aliphatic rings. The Bertz CT molecular complexity index is 635. The zero-order valence-corrected chi connectivity index (χ0v) is 11.9. The second-order valence-electron chi connectivity index (χ2n) is 5.23. The number of benzene rings is 2. The molecule has 2 rings (SSSR count). The van der Waals surface area contributed by atoms with Crippen molar-refractivity contribution in [2.75, 3.05) is 0 Å². The zero-order valence-electron chi connectivity index (χ0n) is 11.9. The van der Waals surface area contributed by atoms with Gasteiger partial charge < -0.3 is 5.11 Å². The van der Waals surface area contributed by atoms with Crippen LogP contribution in [0, 0.1) is 32.4 Å². The first-order chi connectivity index (χ1) is 9.40. The van der Waals surface area contributed by atoms with E-state index in [0.717, 1.165) is 16.7 Å². The maximum Gasteiger partial charge on any atom is 0.134 e. The molecule has 0 aliphatic carbocycles. The summed E-state index contributed by atoms with van der Waals surface area (Å²) in [5.41, 5.74) is 3.20. The number of rotatable bonds is 3. The summed E-state index contributed by atoms with van der Waals surface area (Å²) < 4.78 is 27.7. The van der Waals surface area contributed by atoms with Gasteiger partial charge in [-0.25, -0.2) is 8.78 Å². The van der Waals surface area contributed by atoms with Crippen LogP contribution in [0.25, 0.3) is 0 Å². The summed E-state index contributed by atoms with van der Waals surface area (Å²) >= 11 is 0. The molecule has 0 amide bonds. The van der Waals surface area contributed by atoms with E-state index in [-0.39, 0.29) is 12.0 Å². The molecule has 1 nitrogen and oxygen atoms in total. The van der Waals surface area contributed by atoms with Crippen molar-refractivity contribution in [3.63, 3.8) is 0 Å². The van der Waals surface area contributed by atoms with Crippen LogP contribution in [0.4, 0.5) is 8.78 Å². The fourth-order valence-electron chi connectivity index (χ4n) is 2.24. The first kappa shape index (κ1) is 14.7. The molecule has 0 fully saturated rings. The molecule has 1 unspecified atom stereocenters. The monoisotopic (exact) mass is 276 g/mol. The van der Waals surface area contributed by atoms with Crippen molar-refractivity contribution in [1.82, 2.24) is 0 Å². The van der Waals surface area contributed by atoms with Crippen LogP contribution in [0.1, 0.15) is 33.9 Å². The molecular weight excluding hydrogens is 258 g/mol. The second kappa shape index (κ2) is 5.71. The molecule has 0 aliphatic heterocycles. The average molecular weight is 276 g/mol. The normalized spacial score (nSPS) is 12.5. The lowest BCUT2D eigenvalue weighted by molar-refractivity contribution is 0.168. The Labute approximate surface area is 117 Å². The molecule has 0 spiro atoms. The van der Waals surface area contributed by atoms with Crippen molar-refractivity contribution in [2.24, 2.45) is 0 Å². The molecule has 106 valence electrons. The average Bonchev–Trinajstić information content (AvgIpc) is 2.39. The lowest BCUT2D eigenvalue weighted by Crippen LogP contribution is -2.08. The van der Waals surface area contributed by atoms with E-state index in [1.54, 1.807) is 6.92 Å². The van der Waals surface area contributed by atoms with Crippen LogP contribution in [0.2, 0.25) is 0 Å². The van der Waals surface area contributed by atoms with Gasteiger partial charge >= 0.3 is 0 Å². The summed E-state index contributed by atoms with van der Waals surface area (Å²) in [5.74, 6) is -1.37. The largest absolute Gasteiger partial charge is 0.388 e. The summed E-state index contributed by atoms with van der Waals surface area (Å²) in [7, 11) is 0. The van der Waals surface area contributed by atoms with Crippen molar-refractivity contribution in [3.05, 3.63) is 69.8 Å². The zero-order chi connectivity index (χ0) is 14.9. The first-order valence-corrected chi connectivity index (χ1v) is 6.59. The number of aliphatic hydroxyl groups is 1. The third-order valence-corrected chi connectivity index (χ3v) is 3.65. The predicted octanol–water partition coefficient (Wildman–Crippen LogP) is 4.17. The molecule has 20 heavy (non-hydrogen) atoms. The van der Waals surface area contributed by atoms with Gasteiger partial charge in [-0.15, -0.1) is 0 Å². The van der Waals surface area contributed by atoms with E-state index in [4.69, 9.17) is 0 Å². The molecule has 0 aromatic heterocycles. The van der Waals surface area contributed by atoms with Crippen molar-refractivity contribution >= 4 is 0 Å². The molecule has 2 aromatic rings. The maximum atomic E-state index is 14.0. The molecule has 0 saturated heterocycles. The minimum atomic E-state index is -1.18. The van der Waals surface area contributed by atoms with Crippen molar-refractivity contribution in [3.8, 4) is 0 Å².